The smallest absolute Gasteiger partial charge is 0.318 e. The summed E-state index contributed by atoms with van der Waals surface area (Å²) in [5, 5.41) is 8.00. The zero-order chi connectivity index (χ0) is 5.86. The highest BCUT2D eigenvalue weighted by Crippen LogP contribution is 1.87. The summed E-state index contributed by atoms with van der Waals surface area (Å²) >= 11 is 0. The molecule has 0 saturated heterocycles. The molecule has 0 saturated carbocycles. The topological polar surface area (TPSA) is 37.3 Å². The maximum Gasteiger partial charge on any atom is 0.318 e. The van der Waals surface area contributed by atoms with Gasteiger partial charge in [-0.3, -0.25) is 4.79 Å². The van der Waals surface area contributed by atoms with Gasteiger partial charge in [-0.15, -0.1) is 0 Å². The van der Waals surface area contributed by atoms with Gasteiger partial charge in [-0.25, -0.2) is 0 Å². The quantitative estimate of drug-likeness (QED) is 0.478. The minimum absolute atomic E-state index is 0.764. The number of carboxylic acids is 1. The van der Waals surface area contributed by atoms with E-state index in [1.165, 1.54) is 6.92 Å². The van der Waals surface area contributed by atoms with Crippen molar-refractivity contribution in [3.05, 3.63) is 6.42 Å². The Morgan fingerprint density at radius 2 is 2.43 bits per heavy atom. The fraction of sp³-hybridized carbons (Fsp3) is 0.400. The van der Waals surface area contributed by atoms with Crippen LogP contribution in [0.1, 0.15) is 6.92 Å². The Hall–Kier alpha value is -0.970. The molecule has 0 spiro atoms. The van der Waals surface area contributed by atoms with Crippen molar-refractivity contribution in [2.45, 2.75) is 6.92 Å². The molecule has 0 heterocycles. The first-order valence-electron chi connectivity index (χ1n) is 1.83. The second-order valence-corrected chi connectivity index (χ2v) is 1.20. The van der Waals surface area contributed by atoms with Crippen LogP contribution in [0.3, 0.4) is 0 Å². The van der Waals surface area contributed by atoms with Gasteiger partial charge in [-0.05, 0) is 13.3 Å². The monoisotopic (exact) mass is 97.0 g/mol. The molecule has 0 aromatic rings. The molecule has 2 heteroatoms. The van der Waals surface area contributed by atoms with Gasteiger partial charge < -0.3 is 5.11 Å². The van der Waals surface area contributed by atoms with E-state index < -0.39 is 11.9 Å². The minimum Gasteiger partial charge on any atom is -0.480 e. The zero-order valence-electron chi connectivity index (χ0n) is 3.93. The number of hydrogen-bond donors (Lipinski definition) is 1. The van der Waals surface area contributed by atoms with Crippen LogP contribution in [0.2, 0.25) is 0 Å². The Bertz CT molecular complexity index is 110. The number of aliphatic carboxylic acids is 1. The third kappa shape index (κ3) is 1.83. The summed E-state index contributed by atoms with van der Waals surface area (Å²) in [6, 6.07) is 0. The van der Waals surface area contributed by atoms with Crippen molar-refractivity contribution in [2.24, 2.45) is 5.92 Å². The number of carboxylic acid groups (broad SMARTS) is 1. The molecular weight excluding hydrogens is 92.1 g/mol. The van der Waals surface area contributed by atoms with E-state index in [4.69, 9.17) is 11.5 Å². The molecule has 37 valence electrons. The zero-order valence-corrected chi connectivity index (χ0v) is 3.93. The van der Waals surface area contributed by atoms with Crippen LogP contribution < -0.4 is 0 Å². The van der Waals surface area contributed by atoms with Gasteiger partial charge in [0, 0.05) is 0 Å². The van der Waals surface area contributed by atoms with Crippen molar-refractivity contribution in [1.82, 2.24) is 0 Å². The van der Waals surface area contributed by atoms with Crippen molar-refractivity contribution in [2.75, 3.05) is 0 Å². The van der Waals surface area contributed by atoms with Gasteiger partial charge in [-0.2, -0.15) is 0 Å². The van der Waals surface area contributed by atoms with E-state index in [0.717, 1.165) is 0 Å². The van der Waals surface area contributed by atoms with E-state index >= 15 is 0 Å². The predicted molar refractivity (Wildman–Crippen MR) is 23.9 cm³/mol. The molecule has 7 heavy (non-hydrogen) atoms. The van der Waals surface area contributed by atoms with Crippen molar-refractivity contribution in [1.29, 1.82) is 0 Å². The van der Waals surface area contributed by atoms with Crippen molar-refractivity contribution in [3.8, 4) is 5.92 Å². The van der Waals surface area contributed by atoms with Crippen LogP contribution >= 0.6 is 0 Å². The summed E-state index contributed by atoms with van der Waals surface area (Å²) in [6.45, 7) is 1.40. The van der Waals surface area contributed by atoms with E-state index in [0.29, 0.717) is 0 Å². The SMILES string of the molecule is [C]#CC(C)C(=O)O. The third-order valence-corrected chi connectivity index (χ3v) is 0.587. The van der Waals surface area contributed by atoms with E-state index in [2.05, 4.69) is 0 Å². The average molecular weight is 97.1 g/mol. The van der Waals surface area contributed by atoms with Gasteiger partial charge >= 0.3 is 5.97 Å². The lowest BCUT2D eigenvalue weighted by Gasteiger charge is -1.88. The van der Waals surface area contributed by atoms with E-state index in [1.807, 2.05) is 5.92 Å². The highest BCUT2D eigenvalue weighted by atomic mass is 16.4. The molecule has 0 amide bonds. The average Bonchev–Trinajstić information content (AvgIpc) is 1.65. The fourth-order valence-corrected chi connectivity index (χ4v) is 0.0617. The van der Waals surface area contributed by atoms with Crippen LogP contribution in [-0.2, 0) is 4.79 Å². The van der Waals surface area contributed by atoms with Crippen LogP contribution in [0.5, 0.6) is 0 Å². The summed E-state index contributed by atoms with van der Waals surface area (Å²) in [7, 11) is 0. The molecule has 0 aromatic carbocycles. The molecule has 0 fully saturated rings. The maximum absolute atomic E-state index is 9.75. The Kier molecular flexibility index (Phi) is 1.94. The first-order valence-corrected chi connectivity index (χ1v) is 1.83. The van der Waals surface area contributed by atoms with Gasteiger partial charge in [0.05, 0.1) is 0 Å². The predicted octanol–water partition coefficient (Wildman–Crippen LogP) is 0.297. The Balaban J connectivity index is 3.63. The molecule has 1 radical (unpaired) electrons. The Morgan fingerprint density at radius 3 is 2.43 bits per heavy atom. The maximum atomic E-state index is 9.75. The lowest BCUT2D eigenvalue weighted by molar-refractivity contribution is -0.139. The van der Waals surface area contributed by atoms with E-state index in [9.17, 15) is 4.79 Å². The molecule has 0 rings (SSSR count). The fourth-order valence-electron chi connectivity index (χ4n) is 0.0617. The van der Waals surface area contributed by atoms with Gasteiger partial charge in [0.25, 0.3) is 0 Å². The summed E-state index contributed by atoms with van der Waals surface area (Å²) in [4.78, 5) is 9.75. The van der Waals surface area contributed by atoms with Crippen molar-refractivity contribution in [3.63, 3.8) is 0 Å². The van der Waals surface area contributed by atoms with Crippen LogP contribution in [0, 0.1) is 18.3 Å². The molecule has 1 N–H and O–H groups in total. The van der Waals surface area contributed by atoms with Gasteiger partial charge in [0.2, 0.25) is 0 Å². The molecule has 1 unspecified atom stereocenters. The molecule has 0 bridgehead atoms. The Morgan fingerprint density at radius 1 is 2.00 bits per heavy atom. The summed E-state index contributed by atoms with van der Waals surface area (Å²) < 4.78 is 0. The minimum atomic E-state index is -1.00. The van der Waals surface area contributed by atoms with Crippen LogP contribution in [-0.4, -0.2) is 11.1 Å². The van der Waals surface area contributed by atoms with Gasteiger partial charge in [0.15, 0.2) is 0 Å². The number of carbonyl (C=O) groups is 1. The highest BCUT2D eigenvalue weighted by molar-refractivity contribution is 5.72. The van der Waals surface area contributed by atoms with Crippen molar-refractivity contribution < 1.29 is 9.90 Å². The molecule has 0 aliphatic heterocycles. The first kappa shape index (κ1) is 6.03. The third-order valence-electron chi connectivity index (χ3n) is 0.587. The van der Waals surface area contributed by atoms with Crippen molar-refractivity contribution >= 4 is 5.97 Å². The van der Waals surface area contributed by atoms with E-state index in [-0.39, 0.29) is 0 Å². The summed E-state index contributed by atoms with van der Waals surface area (Å²) in [5.41, 5.74) is 0. The van der Waals surface area contributed by atoms with Gasteiger partial charge in [-0.1, -0.05) is 5.92 Å². The molecule has 2 nitrogen and oxygen atoms in total. The highest BCUT2D eigenvalue weighted by Gasteiger charge is 2.03. The van der Waals surface area contributed by atoms with Crippen LogP contribution in [0.25, 0.3) is 0 Å². The summed E-state index contributed by atoms with van der Waals surface area (Å²) in [5.74, 6) is 0.0463. The normalized spacial score (nSPS) is 12.0. The lowest BCUT2D eigenvalue weighted by atomic mass is 10.2. The van der Waals surface area contributed by atoms with E-state index in [1.54, 1.807) is 0 Å². The first-order chi connectivity index (χ1) is 3.18. The van der Waals surface area contributed by atoms with Gasteiger partial charge in [0.1, 0.15) is 5.92 Å². The summed E-state index contributed by atoms with van der Waals surface area (Å²) in [6.07, 6.45) is 6.31. The second kappa shape index (κ2) is 2.25. The molecule has 0 aliphatic rings. The van der Waals surface area contributed by atoms with Crippen LogP contribution in [0.15, 0.2) is 0 Å². The van der Waals surface area contributed by atoms with Crippen LogP contribution in [0.4, 0.5) is 0 Å². The standard InChI is InChI=1S/C5H5O2/c1-3-4(2)5(6)7/h4H,2H3,(H,6,7). The molecule has 1 atom stereocenters. The largest absolute Gasteiger partial charge is 0.480 e. The Labute approximate surface area is 42.2 Å². The molecule has 0 aromatic heterocycles. The number of rotatable bonds is 1. The molecule has 0 aliphatic carbocycles. The lowest BCUT2D eigenvalue weighted by Crippen LogP contribution is -2.05. The second-order valence-electron chi connectivity index (χ2n) is 1.20. The molecular formula is C5H5O2. The number of hydrogen-bond acceptors (Lipinski definition) is 1.